The molecule has 0 unspecified atom stereocenters. The van der Waals surface area contributed by atoms with Crippen molar-refractivity contribution in [2.75, 3.05) is 11.9 Å². The number of benzene rings is 1. The van der Waals surface area contributed by atoms with Crippen LogP contribution in [0.1, 0.15) is 21.0 Å². The van der Waals surface area contributed by atoms with Gasteiger partial charge in [-0.15, -0.1) is 22.7 Å². The number of rotatable bonds is 3. The standard InChI is InChI=1S/C22H13Br2N3O2S2/c23-19-7-5-17(30-19)22(18-6-8-20(24)31-18)14-9-12(15-4-2-13(10-25)26-15)1-3-16(14)27-21(28)11-29-22/h1-9,26H,11H2,(H,27,28). The molecule has 4 heterocycles. The summed E-state index contributed by atoms with van der Waals surface area (Å²) >= 11 is 10.3. The third-order valence-corrected chi connectivity index (χ3v) is 8.50. The van der Waals surface area contributed by atoms with Crippen LogP contribution in [0.15, 0.2) is 62.2 Å². The summed E-state index contributed by atoms with van der Waals surface area (Å²) in [5.74, 6) is -0.200. The number of fused-ring (bicyclic) bond motifs is 1. The predicted octanol–water partition coefficient (Wildman–Crippen LogP) is 6.46. The molecule has 0 saturated carbocycles. The van der Waals surface area contributed by atoms with Crippen molar-refractivity contribution >= 4 is 66.1 Å². The van der Waals surface area contributed by atoms with Gasteiger partial charge >= 0.3 is 0 Å². The maximum absolute atomic E-state index is 12.5. The van der Waals surface area contributed by atoms with E-state index < -0.39 is 5.60 Å². The molecule has 4 aromatic rings. The average molecular weight is 575 g/mol. The lowest BCUT2D eigenvalue weighted by Crippen LogP contribution is -2.31. The first kappa shape index (κ1) is 20.7. The van der Waals surface area contributed by atoms with Gasteiger partial charge in [0, 0.05) is 26.7 Å². The maximum atomic E-state index is 12.5. The molecule has 0 radical (unpaired) electrons. The van der Waals surface area contributed by atoms with E-state index in [2.05, 4.69) is 48.2 Å². The minimum atomic E-state index is -0.956. The maximum Gasteiger partial charge on any atom is 0.250 e. The Bertz CT molecular complexity index is 1310. The molecule has 0 bridgehead atoms. The van der Waals surface area contributed by atoms with Gasteiger partial charge in [-0.1, -0.05) is 6.07 Å². The normalized spacial score (nSPS) is 15.1. The molecular weight excluding hydrogens is 562 g/mol. The number of amides is 1. The predicted molar refractivity (Wildman–Crippen MR) is 129 cm³/mol. The van der Waals surface area contributed by atoms with Crippen LogP contribution in [-0.2, 0) is 15.1 Å². The van der Waals surface area contributed by atoms with Gasteiger partial charge < -0.3 is 15.0 Å². The number of anilines is 1. The van der Waals surface area contributed by atoms with Gasteiger partial charge in [0.1, 0.15) is 18.4 Å². The van der Waals surface area contributed by atoms with Crippen LogP contribution in [-0.4, -0.2) is 17.5 Å². The average Bonchev–Trinajstić information content (AvgIpc) is 3.49. The molecular formula is C22H13Br2N3O2S2. The Labute approximate surface area is 202 Å². The number of nitriles is 1. The Kier molecular flexibility index (Phi) is 5.36. The second-order valence-electron chi connectivity index (χ2n) is 6.88. The number of hydrogen-bond donors (Lipinski definition) is 2. The summed E-state index contributed by atoms with van der Waals surface area (Å²) in [6.45, 7) is -0.0733. The Balaban J connectivity index is 1.80. The van der Waals surface area contributed by atoms with Gasteiger partial charge in [0.25, 0.3) is 0 Å². The zero-order chi connectivity index (χ0) is 21.6. The van der Waals surface area contributed by atoms with Crippen molar-refractivity contribution < 1.29 is 9.53 Å². The zero-order valence-corrected chi connectivity index (χ0v) is 20.5. The summed E-state index contributed by atoms with van der Waals surface area (Å²) in [5, 5.41) is 12.2. The van der Waals surface area contributed by atoms with Gasteiger partial charge in [-0.2, -0.15) is 5.26 Å². The number of H-pyrrole nitrogens is 1. The molecule has 2 N–H and O–H groups in total. The Morgan fingerprint density at radius 2 is 1.71 bits per heavy atom. The molecule has 31 heavy (non-hydrogen) atoms. The van der Waals surface area contributed by atoms with Crippen LogP contribution in [0.2, 0.25) is 0 Å². The number of ether oxygens (including phenoxy) is 1. The summed E-state index contributed by atoms with van der Waals surface area (Å²) in [5.41, 5.74) is 2.80. The number of nitrogens with one attached hydrogen (secondary N) is 2. The molecule has 0 aliphatic carbocycles. The van der Waals surface area contributed by atoms with Crippen LogP contribution in [0, 0.1) is 11.3 Å². The third kappa shape index (κ3) is 3.58. The van der Waals surface area contributed by atoms with Crippen molar-refractivity contribution in [3.8, 4) is 17.3 Å². The molecule has 1 aliphatic heterocycles. The lowest BCUT2D eigenvalue weighted by atomic mass is 9.87. The van der Waals surface area contributed by atoms with E-state index in [4.69, 9.17) is 4.74 Å². The number of carbonyl (C=O) groups is 1. The Morgan fingerprint density at radius 1 is 1.00 bits per heavy atom. The molecule has 1 aliphatic rings. The van der Waals surface area contributed by atoms with E-state index in [9.17, 15) is 10.1 Å². The minimum absolute atomic E-state index is 0.0733. The second kappa shape index (κ2) is 8.04. The first-order chi connectivity index (χ1) is 15.0. The largest absolute Gasteiger partial charge is 0.349 e. The van der Waals surface area contributed by atoms with Crippen LogP contribution < -0.4 is 5.32 Å². The van der Waals surface area contributed by atoms with Crippen LogP contribution >= 0.6 is 54.5 Å². The molecule has 1 amide bonds. The van der Waals surface area contributed by atoms with Crippen molar-refractivity contribution in [1.82, 2.24) is 4.98 Å². The third-order valence-electron chi connectivity index (χ3n) is 5.05. The van der Waals surface area contributed by atoms with Gasteiger partial charge in [0.05, 0.1) is 7.57 Å². The fraction of sp³-hybridized carbons (Fsp3) is 0.0909. The molecule has 0 fully saturated rings. The molecule has 154 valence electrons. The van der Waals surface area contributed by atoms with Crippen LogP contribution in [0.3, 0.4) is 0 Å². The summed E-state index contributed by atoms with van der Waals surface area (Å²) in [6.07, 6.45) is 0. The van der Waals surface area contributed by atoms with E-state index in [-0.39, 0.29) is 12.5 Å². The summed E-state index contributed by atoms with van der Waals surface area (Å²) < 4.78 is 8.40. The fourth-order valence-corrected chi connectivity index (χ4v) is 6.90. The lowest BCUT2D eigenvalue weighted by molar-refractivity contribution is -0.123. The van der Waals surface area contributed by atoms with E-state index in [1.807, 2.05) is 48.5 Å². The topological polar surface area (TPSA) is 77.9 Å². The second-order valence-corrected chi connectivity index (χ2v) is 11.8. The first-order valence-electron chi connectivity index (χ1n) is 9.19. The highest BCUT2D eigenvalue weighted by atomic mass is 79.9. The summed E-state index contributed by atoms with van der Waals surface area (Å²) in [4.78, 5) is 17.6. The first-order valence-corrected chi connectivity index (χ1v) is 12.4. The van der Waals surface area contributed by atoms with E-state index in [1.54, 1.807) is 28.7 Å². The fourth-order valence-electron chi connectivity index (χ4n) is 3.71. The zero-order valence-electron chi connectivity index (χ0n) is 15.7. The number of nitrogens with zero attached hydrogens (tertiary/aromatic N) is 1. The van der Waals surface area contributed by atoms with Gasteiger partial charge in [0.15, 0.2) is 5.60 Å². The van der Waals surface area contributed by atoms with Crippen molar-refractivity contribution in [2.24, 2.45) is 0 Å². The highest BCUT2D eigenvalue weighted by molar-refractivity contribution is 9.11. The SMILES string of the molecule is N#Cc1ccc(-c2ccc3c(c2)C(c2ccc(Br)s2)(c2ccc(Br)s2)OCC(=O)N3)[nH]1. The Hall–Kier alpha value is -2.22. The van der Waals surface area contributed by atoms with Gasteiger partial charge in [-0.25, -0.2) is 0 Å². The highest BCUT2D eigenvalue weighted by Crippen LogP contribution is 2.51. The van der Waals surface area contributed by atoms with Crippen LogP contribution in [0.5, 0.6) is 0 Å². The van der Waals surface area contributed by atoms with Crippen LogP contribution in [0.4, 0.5) is 5.69 Å². The monoisotopic (exact) mass is 573 g/mol. The van der Waals surface area contributed by atoms with Crippen molar-refractivity contribution in [3.05, 3.63) is 83.2 Å². The number of hydrogen-bond acceptors (Lipinski definition) is 5. The Morgan fingerprint density at radius 3 is 2.29 bits per heavy atom. The van der Waals surface area contributed by atoms with Gasteiger partial charge in [-0.05, 0) is 86.0 Å². The number of carbonyl (C=O) groups excluding carboxylic acids is 1. The van der Waals surface area contributed by atoms with E-state index in [1.165, 1.54) is 0 Å². The minimum Gasteiger partial charge on any atom is -0.349 e. The smallest absolute Gasteiger partial charge is 0.250 e. The van der Waals surface area contributed by atoms with Crippen molar-refractivity contribution in [1.29, 1.82) is 5.26 Å². The molecule has 5 nitrogen and oxygen atoms in total. The number of halogens is 2. The highest BCUT2D eigenvalue weighted by Gasteiger charge is 2.44. The number of aromatic nitrogens is 1. The van der Waals surface area contributed by atoms with E-state index in [0.717, 1.165) is 34.1 Å². The molecule has 0 spiro atoms. The van der Waals surface area contributed by atoms with Gasteiger partial charge in [-0.3, -0.25) is 4.79 Å². The van der Waals surface area contributed by atoms with Crippen molar-refractivity contribution in [3.63, 3.8) is 0 Å². The summed E-state index contributed by atoms with van der Waals surface area (Å²) in [7, 11) is 0. The van der Waals surface area contributed by atoms with E-state index in [0.29, 0.717) is 11.4 Å². The van der Waals surface area contributed by atoms with Crippen LogP contribution in [0.25, 0.3) is 11.3 Å². The van der Waals surface area contributed by atoms with Crippen molar-refractivity contribution in [2.45, 2.75) is 5.60 Å². The number of thiophene rings is 2. The molecule has 5 rings (SSSR count). The molecule has 9 heteroatoms. The number of aromatic amines is 1. The van der Waals surface area contributed by atoms with E-state index >= 15 is 0 Å². The summed E-state index contributed by atoms with van der Waals surface area (Å²) in [6, 6.07) is 19.6. The molecule has 0 saturated heterocycles. The molecule has 0 atom stereocenters. The van der Waals surface area contributed by atoms with Gasteiger partial charge in [0.2, 0.25) is 5.91 Å². The molecule has 3 aromatic heterocycles. The molecule has 1 aromatic carbocycles. The lowest BCUT2D eigenvalue weighted by Gasteiger charge is -2.32. The quantitative estimate of drug-likeness (QED) is 0.295.